The maximum Gasteiger partial charge on any atom is 0.490 e. The lowest BCUT2D eigenvalue weighted by molar-refractivity contribution is -0.192. The number of carboxylic acids is 1. The van der Waals surface area contributed by atoms with Gasteiger partial charge in [-0.25, -0.2) is 14.8 Å². The first kappa shape index (κ1) is 26.2. The Morgan fingerprint density at radius 1 is 1.03 bits per heavy atom. The van der Waals surface area contributed by atoms with Gasteiger partial charge in [-0.2, -0.15) is 13.2 Å². The number of anilines is 2. The highest BCUT2D eigenvalue weighted by atomic mass is 35.5. The molecular weight excluding hydrogens is 518 g/mol. The summed E-state index contributed by atoms with van der Waals surface area (Å²) in [6.45, 7) is 4.51. The summed E-state index contributed by atoms with van der Waals surface area (Å²) in [6.07, 6.45) is -2.66. The molecular formula is C24H24Cl2F3N5O2. The molecule has 192 valence electrons. The van der Waals surface area contributed by atoms with Gasteiger partial charge in [0.2, 0.25) is 0 Å². The van der Waals surface area contributed by atoms with Crippen molar-refractivity contribution in [3.8, 4) is 0 Å². The van der Waals surface area contributed by atoms with Gasteiger partial charge in [0.1, 0.15) is 0 Å². The zero-order valence-electron chi connectivity index (χ0n) is 19.1. The van der Waals surface area contributed by atoms with Gasteiger partial charge in [-0.15, -0.1) is 0 Å². The van der Waals surface area contributed by atoms with Crippen LogP contribution in [0.2, 0.25) is 10.0 Å². The third-order valence-corrected chi connectivity index (χ3v) is 6.39. The van der Waals surface area contributed by atoms with Gasteiger partial charge in [0.25, 0.3) is 0 Å². The Labute approximate surface area is 215 Å². The third kappa shape index (κ3) is 6.89. The number of piperazine rings is 1. The molecule has 36 heavy (non-hydrogen) atoms. The summed E-state index contributed by atoms with van der Waals surface area (Å²) >= 11 is 12.5. The molecule has 1 aliphatic heterocycles. The minimum atomic E-state index is -5.08. The predicted octanol–water partition coefficient (Wildman–Crippen LogP) is 5.47. The molecule has 12 heteroatoms. The van der Waals surface area contributed by atoms with Crippen LogP contribution in [-0.4, -0.2) is 64.3 Å². The molecule has 5 rings (SSSR count). The van der Waals surface area contributed by atoms with E-state index >= 15 is 0 Å². The number of carboxylic acid groups (broad SMARTS) is 1. The van der Waals surface area contributed by atoms with E-state index in [1.807, 2.05) is 42.5 Å². The van der Waals surface area contributed by atoms with Gasteiger partial charge in [0, 0.05) is 48.8 Å². The Balaban J connectivity index is 0.000000384. The highest BCUT2D eigenvalue weighted by Gasteiger charge is 2.38. The normalized spacial score (nSPS) is 16.4. The molecule has 3 aromatic rings. The number of fused-ring (bicyclic) bond motifs is 1. The average Bonchev–Trinajstić information content (AvgIpc) is 3.65. The summed E-state index contributed by atoms with van der Waals surface area (Å²) in [4.78, 5) is 23.5. The van der Waals surface area contributed by atoms with Crippen LogP contribution in [0.25, 0.3) is 11.0 Å². The molecule has 1 aliphatic carbocycles. The molecule has 0 atom stereocenters. The lowest BCUT2D eigenvalue weighted by Crippen LogP contribution is -2.46. The maximum atomic E-state index is 10.6. The monoisotopic (exact) mass is 541 g/mol. The first-order valence-corrected chi connectivity index (χ1v) is 12.1. The van der Waals surface area contributed by atoms with Crippen molar-refractivity contribution in [2.75, 3.05) is 36.4 Å². The molecule has 0 bridgehead atoms. The number of alkyl halides is 3. The first-order chi connectivity index (χ1) is 17.1. The quantitative estimate of drug-likeness (QED) is 0.443. The van der Waals surface area contributed by atoms with Crippen LogP contribution in [-0.2, 0) is 11.3 Å². The molecule has 2 heterocycles. The Bertz CT molecular complexity index is 1230. The predicted molar refractivity (Wildman–Crippen MR) is 134 cm³/mol. The van der Waals surface area contributed by atoms with Crippen LogP contribution in [0.3, 0.4) is 0 Å². The minimum absolute atomic E-state index is 0.537. The molecule has 0 radical (unpaired) electrons. The van der Waals surface area contributed by atoms with Crippen molar-refractivity contribution in [2.24, 2.45) is 0 Å². The van der Waals surface area contributed by atoms with Crippen molar-refractivity contribution in [3.05, 3.63) is 58.1 Å². The lowest BCUT2D eigenvalue weighted by Gasteiger charge is -2.36. The molecule has 0 amide bonds. The maximum absolute atomic E-state index is 10.6. The lowest BCUT2D eigenvalue weighted by atomic mass is 10.2. The SMILES string of the molecule is Clc1ccc(Cl)c(CN2CCN(c3nc4ccccc4nc3NC3CC3)CC2)c1.O=C(O)C(F)(F)F. The van der Waals surface area contributed by atoms with Gasteiger partial charge in [0.15, 0.2) is 11.6 Å². The number of benzene rings is 2. The number of carbonyl (C=O) groups is 1. The Morgan fingerprint density at radius 2 is 1.64 bits per heavy atom. The molecule has 7 nitrogen and oxygen atoms in total. The number of rotatable bonds is 5. The zero-order chi connectivity index (χ0) is 25.9. The van der Waals surface area contributed by atoms with Crippen LogP contribution >= 0.6 is 23.2 Å². The van der Waals surface area contributed by atoms with Crippen LogP contribution in [0.5, 0.6) is 0 Å². The molecule has 2 aromatic carbocycles. The van der Waals surface area contributed by atoms with E-state index in [1.165, 1.54) is 12.8 Å². The van der Waals surface area contributed by atoms with Gasteiger partial charge < -0.3 is 15.3 Å². The van der Waals surface area contributed by atoms with Crippen molar-refractivity contribution in [2.45, 2.75) is 31.6 Å². The largest absolute Gasteiger partial charge is 0.490 e. The number of para-hydroxylation sites is 2. The third-order valence-electron chi connectivity index (χ3n) is 5.79. The molecule has 1 aromatic heterocycles. The molecule has 2 fully saturated rings. The van der Waals surface area contributed by atoms with Crippen molar-refractivity contribution < 1.29 is 23.1 Å². The van der Waals surface area contributed by atoms with Gasteiger partial charge in [-0.1, -0.05) is 35.3 Å². The van der Waals surface area contributed by atoms with Gasteiger partial charge in [-0.3, -0.25) is 4.90 Å². The number of halogens is 5. The minimum Gasteiger partial charge on any atom is -0.475 e. The van der Waals surface area contributed by atoms with Gasteiger partial charge in [-0.05, 0) is 48.7 Å². The zero-order valence-corrected chi connectivity index (χ0v) is 20.6. The second-order valence-corrected chi connectivity index (χ2v) is 9.45. The summed E-state index contributed by atoms with van der Waals surface area (Å²) in [6, 6.07) is 14.3. The van der Waals surface area contributed by atoms with Crippen LogP contribution < -0.4 is 10.2 Å². The fourth-order valence-corrected chi connectivity index (χ4v) is 4.12. The van der Waals surface area contributed by atoms with Gasteiger partial charge >= 0.3 is 12.1 Å². The van der Waals surface area contributed by atoms with E-state index in [-0.39, 0.29) is 0 Å². The second-order valence-electron chi connectivity index (χ2n) is 8.60. The van der Waals surface area contributed by atoms with Crippen LogP contribution in [0.1, 0.15) is 18.4 Å². The molecule has 1 saturated carbocycles. The smallest absolute Gasteiger partial charge is 0.475 e. The molecule has 1 saturated heterocycles. The topological polar surface area (TPSA) is 81.6 Å². The number of aromatic nitrogens is 2. The molecule has 0 unspecified atom stereocenters. The van der Waals surface area contributed by atoms with Crippen molar-refractivity contribution in [1.29, 1.82) is 0 Å². The highest BCUT2D eigenvalue weighted by Crippen LogP contribution is 2.31. The summed E-state index contributed by atoms with van der Waals surface area (Å²) in [5.41, 5.74) is 2.96. The van der Waals surface area contributed by atoms with Gasteiger partial charge in [0.05, 0.1) is 11.0 Å². The van der Waals surface area contributed by atoms with Crippen molar-refractivity contribution in [3.63, 3.8) is 0 Å². The second kappa shape index (κ2) is 11.1. The number of hydrogen-bond acceptors (Lipinski definition) is 6. The van der Waals surface area contributed by atoms with E-state index in [0.717, 1.165) is 71.0 Å². The van der Waals surface area contributed by atoms with Crippen LogP contribution in [0.15, 0.2) is 42.5 Å². The Hall–Kier alpha value is -2.82. The Morgan fingerprint density at radius 3 is 2.22 bits per heavy atom. The number of aliphatic carboxylic acids is 1. The standard InChI is InChI=1S/C22H23Cl2N5.C2HF3O2/c23-16-5-8-18(24)15(13-16)14-28-9-11-29(12-10-28)22-21(25-17-6-7-17)26-19-3-1-2-4-20(19)27-22;3-2(4,5)1(6)7/h1-5,8,13,17H,6-7,9-12,14H2,(H,25,26);(H,6,7). The fraction of sp³-hybridized carbons (Fsp3) is 0.375. The van der Waals surface area contributed by atoms with Crippen molar-refractivity contribution >= 4 is 51.8 Å². The van der Waals surface area contributed by atoms with E-state index in [2.05, 4.69) is 15.1 Å². The summed E-state index contributed by atoms with van der Waals surface area (Å²) in [5.74, 6) is -0.874. The van der Waals surface area contributed by atoms with E-state index in [1.54, 1.807) is 0 Å². The van der Waals surface area contributed by atoms with E-state index in [4.69, 9.17) is 43.1 Å². The molecule has 2 N–H and O–H groups in total. The van der Waals surface area contributed by atoms with Crippen molar-refractivity contribution in [1.82, 2.24) is 14.9 Å². The number of hydrogen-bond donors (Lipinski definition) is 2. The van der Waals surface area contributed by atoms with E-state index < -0.39 is 12.1 Å². The van der Waals surface area contributed by atoms with E-state index in [0.29, 0.717) is 6.04 Å². The van der Waals surface area contributed by atoms with Crippen LogP contribution in [0, 0.1) is 0 Å². The Kier molecular flexibility index (Phi) is 8.07. The fourth-order valence-electron chi connectivity index (χ4n) is 3.75. The number of nitrogens with one attached hydrogen (secondary N) is 1. The average molecular weight is 542 g/mol. The molecule has 2 aliphatic rings. The molecule has 0 spiro atoms. The first-order valence-electron chi connectivity index (χ1n) is 11.3. The summed E-state index contributed by atoms with van der Waals surface area (Å²) < 4.78 is 31.7. The highest BCUT2D eigenvalue weighted by molar-refractivity contribution is 6.33. The van der Waals surface area contributed by atoms with Crippen LogP contribution in [0.4, 0.5) is 24.8 Å². The van der Waals surface area contributed by atoms with E-state index in [9.17, 15) is 13.2 Å². The summed E-state index contributed by atoms with van der Waals surface area (Å²) in [7, 11) is 0. The number of nitrogens with zero attached hydrogens (tertiary/aromatic N) is 4. The summed E-state index contributed by atoms with van der Waals surface area (Å²) in [5, 5.41) is 12.2.